The van der Waals surface area contributed by atoms with Crippen molar-refractivity contribution < 1.29 is 4.79 Å². The number of thiazole rings is 1. The van der Waals surface area contributed by atoms with Crippen LogP contribution in [0.2, 0.25) is 0 Å². The van der Waals surface area contributed by atoms with Gasteiger partial charge in [-0.15, -0.1) is 11.3 Å². The number of piperazine rings is 1. The second kappa shape index (κ2) is 7.78. The average molecular weight is 325 g/mol. The van der Waals surface area contributed by atoms with E-state index in [0.717, 1.165) is 31.3 Å². The maximum absolute atomic E-state index is 12.3. The lowest BCUT2D eigenvalue weighted by Crippen LogP contribution is -2.54. The molecule has 0 aliphatic carbocycles. The van der Waals surface area contributed by atoms with E-state index >= 15 is 0 Å². The molecule has 2 amide bonds. The van der Waals surface area contributed by atoms with Crippen LogP contribution in [-0.4, -0.2) is 73.7 Å². The van der Waals surface area contributed by atoms with Gasteiger partial charge in [-0.2, -0.15) is 0 Å². The zero-order chi connectivity index (χ0) is 16.1. The van der Waals surface area contributed by atoms with Crippen LogP contribution < -0.4 is 10.2 Å². The van der Waals surface area contributed by atoms with E-state index < -0.39 is 0 Å². The van der Waals surface area contributed by atoms with Crippen molar-refractivity contribution in [3.63, 3.8) is 0 Å². The van der Waals surface area contributed by atoms with Crippen LogP contribution in [-0.2, 0) is 0 Å². The molecule has 124 valence electrons. The van der Waals surface area contributed by atoms with Crippen LogP contribution in [0.5, 0.6) is 0 Å². The third-order valence-electron chi connectivity index (χ3n) is 4.15. The van der Waals surface area contributed by atoms with Gasteiger partial charge >= 0.3 is 6.03 Å². The van der Waals surface area contributed by atoms with Gasteiger partial charge < -0.3 is 20.0 Å². The number of hydrogen-bond donors (Lipinski definition) is 1. The Labute approximate surface area is 137 Å². The third kappa shape index (κ3) is 4.33. The van der Waals surface area contributed by atoms with Crippen LogP contribution >= 0.6 is 11.3 Å². The summed E-state index contributed by atoms with van der Waals surface area (Å²) in [6, 6.07) is 0.409. The molecule has 1 unspecified atom stereocenters. The van der Waals surface area contributed by atoms with Gasteiger partial charge in [0.15, 0.2) is 5.13 Å². The van der Waals surface area contributed by atoms with E-state index in [4.69, 9.17) is 0 Å². The highest BCUT2D eigenvalue weighted by Gasteiger charge is 2.23. The summed E-state index contributed by atoms with van der Waals surface area (Å²) in [4.78, 5) is 22.9. The molecule has 2 rings (SSSR count). The number of hydrogen-bond acceptors (Lipinski definition) is 5. The number of aromatic nitrogens is 1. The molecule has 2 heterocycles. The molecule has 1 aromatic rings. The fourth-order valence-electron chi connectivity index (χ4n) is 2.79. The minimum Gasteiger partial charge on any atom is -0.345 e. The van der Waals surface area contributed by atoms with Gasteiger partial charge in [0.2, 0.25) is 0 Å². The van der Waals surface area contributed by atoms with Crippen molar-refractivity contribution in [2.24, 2.45) is 5.92 Å². The van der Waals surface area contributed by atoms with Gasteiger partial charge in [0, 0.05) is 50.3 Å². The maximum atomic E-state index is 12.3. The molecule has 0 aromatic carbocycles. The van der Waals surface area contributed by atoms with E-state index in [1.54, 1.807) is 11.3 Å². The second-order valence-electron chi connectivity index (χ2n) is 6.25. The Balaban J connectivity index is 1.77. The first-order valence-corrected chi connectivity index (χ1v) is 8.70. The lowest BCUT2D eigenvalue weighted by atomic mass is 10.0. The summed E-state index contributed by atoms with van der Waals surface area (Å²) >= 11 is 1.65. The van der Waals surface area contributed by atoms with Crippen molar-refractivity contribution in [2.75, 3.05) is 51.7 Å². The standard InChI is InChI=1S/C15H27N5OS/c1-12(2)13(18(3)4)11-17-14(21)19-6-8-20(9-7-19)15-16-5-10-22-15/h5,10,12-13H,6-9,11H2,1-4H3,(H,17,21). The second-order valence-corrected chi connectivity index (χ2v) is 7.12. The number of carbonyl (C=O) groups excluding carboxylic acids is 1. The minimum atomic E-state index is 0.0475. The van der Waals surface area contributed by atoms with E-state index in [1.165, 1.54) is 0 Å². The monoisotopic (exact) mass is 325 g/mol. The van der Waals surface area contributed by atoms with E-state index in [-0.39, 0.29) is 6.03 Å². The molecule has 7 heteroatoms. The quantitative estimate of drug-likeness (QED) is 0.893. The highest BCUT2D eigenvalue weighted by atomic mass is 32.1. The van der Waals surface area contributed by atoms with Crippen LogP contribution in [0.15, 0.2) is 11.6 Å². The Morgan fingerprint density at radius 1 is 1.36 bits per heavy atom. The van der Waals surface area contributed by atoms with Crippen LogP contribution in [0.3, 0.4) is 0 Å². The fourth-order valence-corrected chi connectivity index (χ4v) is 3.49. The third-order valence-corrected chi connectivity index (χ3v) is 4.98. The van der Waals surface area contributed by atoms with Gasteiger partial charge in [-0.25, -0.2) is 9.78 Å². The number of amides is 2. The summed E-state index contributed by atoms with van der Waals surface area (Å²) in [5.41, 5.74) is 0. The number of anilines is 1. The predicted molar refractivity (Wildman–Crippen MR) is 91.6 cm³/mol. The molecule has 1 fully saturated rings. The molecule has 1 aromatic heterocycles. The SMILES string of the molecule is CC(C)C(CNC(=O)N1CCN(c2nccs2)CC1)N(C)C. The first-order valence-electron chi connectivity index (χ1n) is 7.82. The van der Waals surface area contributed by atoms with Crippen molar-refractivity contribution in [3.05, 3.63) is 11.6 Å². The summed E-state index contributed by atoms with van der Waals surface area (Å²) in [6.45, 7) is 8.26. The highest BCUT2D eigenvalue weighted by molar-refractivity contribution is 7.13. The molecule has 1 aliphatic rings. The Kier molecular flexibility index (Phi) is 6.02. The van der Waals surface area contributed by atoms with Gasteiger partial charge in [0.25, 0.3) is 0 Å². The molecule has 1 atom stereocenters. The predicted octanol–water partition coefficient (Wildman–Crippen LogP) is 1.56. The van der Waals surface area contributed by atoms with Crippen molar-refractivity contribution in [2.45, 2.75) is 19.9 Å². The van der Waals surface area contributed by atoms with Crippen LogP contribution in [0.4, 0.5) is 9.93 Å². The van der Waals surface area contributed by atoms with Crippen molar-refractivity contribution in [3.8, 4) is 0 Å². The Bertz CT molecular complexity index is 447. The largest absolute Gasteiger partial charge is 0.345 e. The summed E-state index contributed by atoms with van der Waals surface area (Å²) in [5.74, 6) is 0.511. The number of likely N-dealkylation sites (N-methyl/N-ethyl adjacent to an activating group) is 1. The Morgan fingerprint density at radius 3 is 2.55 bits per heavy atom. The van der Waals surface area contributed by atoms with Gasteiger partial charge in [0.1, 0.15) is 0 Å². The number of nitrogens with zero attached hydrogens (tertiary/aromatic N) is 4. The lowest BCUT2D eigenvalue weighted by Gasteiger charge is -2.35. The molecular formula is C15H27N5OS. The normalized spacial score (nSPS) is 17.2. The summed E-state index contributed by atoms with van der Waals surface area (Å²) in [7, 11) is 4.12. The molecule has 6 nitrogen and oxygen atoms in total. The van der Waals surface area contributed by atoms with E-state index in [9.17, 15) is 4.79 Å². The number of urea groups is 1. The first kappa shape index (κ1) is 17.0. The maximum Gasteiger partial charge on any atom is 0.317 e. The Morgan fingerprint density at radius 2 is 2.05 bits per heavy atom. The molecule has 0 spiro atoms. The van der Waals surface area contributed by atoms with Crippen LogP contribution in [0, 0.1) is 5.92 Å². The van der Waals surface area contributed by atoms with Crippen LogP contribution in [0.25, 0.3) is 0 Å². The van der Waals surface area contributed by atoms with Crippen molar-refractivity contribution >= 4 is 22.5 Å². The molecule has 1 aliphatic heterocycles. The van der Waals surface area contributed by atoms with Gasteiger partial charge in [-0.1, -0.05) is 13.8 Å². The summed E-state index contributed by atoms with van der Waals surface area (Å²) in [5, 5.41) is 6.11. The molecule has 0 saturated carbocycles. The van der Waals surface area contributed by atoms with E-state index in [2.05, 4.69) is 48.0 Å². The lowest BCUT2D eigenvalue weighted by molar-refractivity contribution is 0.182. The zero-order valence-electron chi connectivity index (χ0n) is 14.0. The topological polar surface area (TPSA) is 51.7 Å². The number of rotatable bonds is 5. The number of carbonyl (C=O) groups is 1. The summed E-state index contributed by atoms with van der Waals surface area (Å²) in [6.07, 6.45) is 1.83. The molecule has 0 radical (unpaired) electrons. The van der Waals surface area contributed by atoms with E-state index in [0.29, 0.717) is 18.5 Å². The Hall–Kier alpha value is -1.34. The number of nitrogens with one attached hydrogen (secondary N) is 1. The molecule has 1 N–H and O–H groups in total. The molecular weight excluding hydrogens is 298 g/mol. The summed E-state index contributed by atoms with van der Waals surface area (Å²) < 4.78 is 0. The molecule has 22 heavy (non-hydrogen) atoms. The molecule has 0 bridgehead atoms. The molecule has 1 saturated heterocycles. The highest BCUT2D eigenvalue weighted by Crippen LogP contribution is 2.18. The minimum absolute atomic E-state index is 0.0475. The first-order chi connectivity index (χ1) is 10.5. The van der Waals surface area contributed by atoms with E-state index in [1.807, 2.05) is 16.5 Å². The smallest absolute Gasteiger partial charge is 0.317 e. The van der Waals surface area contributed by atoms with Gasteiger partial charge in [-0.3, -0.25) is 0 Å². The van der Waals surface area contributed by atoms with Gasteiger partial charge in [-0.05, 0) is 20.0 Å². The van der Waals surface area contributed by atoms with Crippen LogP contribution in [0.1, 0.15) is 13.8 Å². The fraction of sp³-hybridized carbons (Fsp3) is 0.733. The zero-order valence-corrected chi connectivity index (χ0v) is 14.8. The average Bonchev–Trinajstić information content (AvgIpc) is 3.01. The van der Waals surface area contributed by atoms with Gasteiger partial charge in [0.05, 0.1) is 0 Å². The van der Waals surface area contributed by atoms with Crippen molar-refractivity contribution in [1.82, 2.24) is 20.1 Å². The van der Waals surface area contributed by atoms with Crippen molar-refractivity contribution in [1.29, 1.82) is 0 Å².